The second-order valence-electron chi connectivity index (χ2n) is 5.40. The number of nitrogens with zero attached hydrogens (tertiary/aromatic N) is 3. The maximum Gasteiger partial charge on any atom is 0.267 e. The predicted molar refractivity (Wildman–Crippen MR) is 82.1 cm³/mol. The molecule has 0 atom stereocenters. The number of aromatic nitrogens is 3. The summed E-state index contributed by atoms with van der Waals surface area (Å²) in [5, 5.41) is 6.59. The van der Waals surface area contributed by atoms with Gasteiger partial charge in [0.05, 0.1) is 17.4 Å². The predicted octanol–water partition coefficient (Wildman–Crippen LogP) is 2.87. The van der Waals surface area contributed by atoms with E-state index < -0.39 is 10.0 Å². The summed E-state index contributed by atoms with van der Waals surface area (Å²) in [5.41, 5.74) is 1.33. The number of aryl methyl sites for hydroxylation is 2. The minimum atomic E-state index is -3.62. The molecule has 0 radical (unpaired) electrons. The zero-order valence-electron chi connectivity index (χ0n) is 12.0. The Bertz CT molecular complexity index is 742. The van der Waals surface area contributed by atoms with Crippen LogP contribution in [0.5, 0.6) is 0 Å². The lowest BCUT2D eigenvalue weighted by Gasteiger charge is -2.08. The first kappa shape index (κ1) is 14.5. The van der Waals surface area contributed by atoms with Crippen molar-refractivity contribution in [3.05, 3.63) is 23.0 Å². The summed E-state index contributed by atoms with van der Waals surface area (Å²) >= 11 is 1.28. The summed E-state index contributed by atoms with van der Waals surface area (Å²) < 4.78 is 29.3. The maximum absolute atomic E-state index is 12.5. The summed E-state index contributed by atoms with van der Waals surface area (Å²) in [6.07, 6.45) is 6.15. The van der Waals surface area contributed by atoms with E-state index in [2.05, 4.69) is 14.8 Å². The molecule has 0 spiro atoms. The first-order chi connectivity index (χ1) is 9.95. The maximum atomic E-state index is 12.5. The van der Waals surface area contributed by atoms with E-state index in [1.165, 1.54) is 24.2 Å². The Morgan fingerprint density at radius 2 is 2.05 bits per heavy atom. The Labute approximate surface area is 128 Å². The molecule has 21 heavy (non-hydrogen) atoms. The van der Waals surface area contributed by atoms with Crippen LogP contribution >= 0.6 is 11.3 Å². The second kappa shape index (κ2) is 5.42. The normalized spacial score (nSPS) is 16.5. The smallest absolute Gasteiger partial charge is 0.267 e. The number of rotatable bonds is 4. The highest BCUT2D eigenvalue weighted by Crippen LogP contribution is 2.30. The third kappa shape index (κ3) is 2.96. The van der Waals surface area contributed by atoms with E-state index in [1.54, 1.807) is 13.1 Å². The highest BCUT2D eigenvalue weighted by molar-refractivity contribution is 7.93. The number of hydrogen-bond acceptors (Lipinski definition) is 5. The summed E-state index contributed by atoms with van der Waals surface area (Å²) in [4.78, 5) is 4.37. The molecule has 1 aliphatic carbocycles. The summed E-state index contributed by atoms with van der Waals surface area (Å²) in [6.45, 7) is 3.56. The van der Waals surface area contributed by atoms with E-state index in [-0.39, 0.29) is 4.90 Å². The topological polar surface area (TPSA) is 76.9 Å². The van der Waals surface area contributed by atoms with Gasteiger partial charge in [-0.15, -0.1) is 11.3 Å². The van der Waals surface area contributed by atoms with Crippen LogP contribution < -0.4 is 4.72 Å². The molecule has 0 unspecified atom stereocenters. The lowest BCUT2D eigenvalue weighted by atomic mass is 10.3. The van der Waals surface area contributed by atoms with Crippen LogP contribution in [0.3, 0.4) is 0 Å². The van der Waals surface area contributed by atoms with Gasteiger partial charge in [0.15, 0.2) is 5.13 Å². The third-order valence-electron chi connectivity index (χ3n) is 3.70. The highest BCUT2D eigenvalue weighted by atomic mass is 32.2. The van der Waals surface area contributed by atoms with E-state index in [0.717, 1.165) is 18.5 Å². The largest absolute Gasteiger partial charge is 0.268 e. The Hall–Kier alpha value is -1.41. The van der Waals surface area contributed by atoms with Crippen LogP contribution in [-0.2, 0) is 10.0 Å². The van der Waals surface area contributed by atoms with Crippen LogP contribution in [0.15, 0.2) is 16.5 Å². The Balaban J connectivity index is 1.88. The molecule has 8 heteroatoms. The summed E-state index contributed by atoms with van der Waals surface area (Å²) in [6, 6.07) is 0.328. The molecule has 2 aromatic heterocycles. The van der Waals surface area contributed by atoms with Gasteiger partial charge < -0.3 is 0 Å². The quantitative estimate of drug-likeness (QED) is 0.937. The van der Waals surface area contributed by atoms with Crippen molar-refractivity contribution in [3.8, 4) is 0 Å². The van der Waals surface area contributed by atoms with Gasteiger partial charge in [-0.2, -0.15) is 5.10 Å². The fourth-order valence-corrected chi connectivity index (χ4v) is 4.77. The molecule has 6 nitrogen and oxygen atoms in total. The van der Waals surface area contributed by atoms with Crippen molar-refractivity contribution < 1.29 is 8.42 Å². The van der Waals surface area contributed by atoms with Crippen molar-refractivity contribution in [2.75, 3.05) is 4.72 Å². The Morgan fingerprint density at radius 3 is 2.67 bits per heavy atom. The van der Waals surface area contributed by atoms with Gasteiger partial charge in [0.1, 0.15) is 4.90 Å². The van der Waals surface area contributed by atoms with Crippen molar-refractivity contribution in [1.29, 1.82) is 0 Å². The van der Waals surface area contributed by atoms with Crippen molar-refractivity contribution in [2.24, 2.45) is 0 Å². The van der Waals surface area contributed by atoms with Crippen molar-refractivity contribution in [3.63, 3.8) is 0 Å². The van der Waals surface area contributed by atoms with E-state index in [9.17, 15) is 8.42 Å². The van der Waals surface area contributed by atoms with Crippen LogP contribution in [0.2, 0.25) is 0 Å². The lowest BCUT2D eigenvalue weighted by Crippen LogP contribution is -2.13. The average Bonchev–Trinajstić information content (AvgIpc) is 3.09. The van der Waals surface area contributed by atoms with Crippen molar-refractivity contribution in [2.45, 2.75) is 50.5 Å². The van der Waals surface area contributed by atoms with Crippen molar-refractivity contribution in [1.82, 2.24) is 14.8 Å². The Morgan fingerprint density at radius 1 is 1.33 bits per heavy atom. The molecule has 0 saturated heterocycles. The molecule has 1 aliphatic rings. The first-order valence-corrected chi connectivity index (χ1v) is 9.33. The minimum absolute atomic E-state index is 0.238. The molecule has 1 saturated carbocycles. The number of nitrogens with one attached hydrogen (secondary N) is 1. The zero-order chi connectivity index (χ0) is 15.0. The van der Waals surface area contributed by atoms with Gasteiger partial charge in [0.2, 0.25) is 0 Å². The second-order valence-corrected chi connectivity index (χ2v) is 7.91. The highest BCUT2D eigenvalue weighted by Gasteiger charge is 2.25. The molecule has 0 aromatic carbocycles. The molecular formula is C13H18N4O2S2. The summed E-state index contributed by atoms with van der Waals surface area (Å²) in [7, 11) is -3.62. The van der Waals surface area contributed by atoms with Gasteiger partial charge >= 0.3 is 0 Å². The lowest BCUT2D eigenvalue weighted by molar-refractivity contribution is 0.464. The molecule has 2 heterocycles. The molecule has 3 rings (SSSR count). The minimum Gasteiger partial charge on any atom is -0.268 e. The van der Waals surface area contributed by atoms with Gasteiger partial charge in [-0.05, 0) is 26.7 Å². The van der Waals surface area contributed by atoms with E-state index in [0.29, 0.717) is 16.9 Å². The SMILES string of the molecule is Cc1csc(NS(=O)(=O)c2cn(C3CCCC3)nc2C)n1. The van der Waals surface area contributed by atoms with Crippen LogP contribution in [-0.4, -0.2) is 23.2 Å². The first-order valence-electron chi connectivity index (χ1n) is 6.96. The molecule has 1 fully saturated rings. The molecular weight excluding hydrogens is 308 g/mol. The molecule has 0 amide bonds. The van der Waals surface area contributed by atoms with Crippen LogP contribution in [0.4, 0.5) is 5.13 Å². The molecule has 0 aliphatic heterocycles. The number of hydrogen-bond donors (Lipinski definition) is 1. The third-order valence-corrected chi connectivity index (χ3v) is 6.15. The molecule has 0 bridgehead atoms. The Kier molecular flexibility index (Phi) is 3.75. The van der Waals surface area contributed by atoms with Crippen LogP contribution in [0.25, 0.3) is 0 Å². The van der Waals surface area contributed by atoms with Gasteiger partial charge in [-0.1, -0.05) is 12.8 Å². The zero-order valence-corrected chi connectivity index (χ0v) is 13.7. The van der Waals surface area contributed by atoms with Gasteiger partial charge in [0, 0.05) is 11.6 Å². The fraction of sp³-hybridized carbons (Fsp3) is 0.538. The number of anilines is 1. The van der Waals surface area contributed by atoms with E-state index >= 15 is 0 Å². The van der Waals surface area contributed by atoms with Gasteiger partial charge in [-0.25, -0.2) is 13.4 Å². The molecule has 1 N–H and O–H groups in total. The van der Waals surface area contributed by atoms with E-state index in [1.807, 2.05) is 17.0 Å². The van der Waals surface area contributed by atoms with Gasteiger partial charge in [-0.3, -0.25) is 9.40 Å². The van der Waals surface area contributed by atoms with Gasteiger partial charge in [0.25, 0.3) is 10.0 Å². The standard InChI is InChI=1S/C13H18N4O2S2/c1-9-8-20-13(14-9)16-21(18,19)12-7-17(15-10(12)2)11-5-3-4-6-11/h7-8,11H,3-6H2,1-2H3,(H,14,16). The monoisotopic (exact) mass is 326 g/mol. The fourth-order valence-electron chi connectivity index (χ4n) is 2.66. The average molecular weight is 326 g/mol. The number of thiazole rings is 1. The molecule has 2 aromatic rings. The van der Waals surface area contributed by atoms with E-state index in [4.69, 9.17) is 0 Å². The van der Waals surface area contributed by atoms with Crippen LogP contribution in [0, 0.1) is 13.8 Å². The number of sulfonamides is 1. The summed E-state index contributed by atoms with van der Waals surface area (Å²) in [5.74, 6) is 0. The van der Waals surface area contributed by atoms with Crippen LogP contribution in [0.1, 0.15) is 43.1 Å². The van der Waals surface area contributed by atoms with Crippen molar-refractivity contribution >= 4 is 26.5 Å². The molecule has 114 valence electrons.